The van der Waals surface area contributed by atoms with Crippen molar-refractivity contribution in [1.82, 2.24) is 19.7 Å². The molecule has 2 heterocycles. The van der Waals surface area contributed by atoms with Gasteiger partial charge in [-0.3, -0.25) is 9.55 Å². The van der Waals surface area contributed by atoms with Crippen LogP contribution in [0.25, 0.3) is 17.1 Å². The van der Waals surface area contributed by atoms with Crippen molar-refractivity contribution in [2.75, 3.05) is 14.2 Å². The highest BCUT2D eigenvalue weighted by atomic mass is 79.9. The van der Waals surface area contributed by atoms with E-state index in [0.717, 1.165) is 43.8 Å². The van der Waals surface area contributed by atoms with Gasteiger partial charge in [0.05, 0.1) is 14.2 Å². The Morgan fingerprint density at radius 2 is 1.70 bits per heavy atom. The van der Waals surface area contributed by atoms with E-state index in [1.165, 1.54) is 0 Å². The highest BCUT2D eigenvalue weighted by Crippen LogP contribution is 2.33. The van der Waals surface area contributed by atoms with E-state index in [1.807, 2.05) is 53.1 Å². The van der Waals surface area contributed by atoms with Gasteiger partial charge in [0.25, 0.3) is 0 Å². The fourth-order valence-corrected chi connectivity index (χ4v) is 4.36. The summed E-state index contributed by atoms with van der Waals surface area (Å²) in [6.45, 7) is 0. The van der Waals surface area contributed by atoms with Crippen molar-refractivity contribution in [2.45, 2.75) is 10.9 Å². The first-order chi connectivity index (χ1) is 14.7. The number of rotatable bonds is 7. The molecule has 0 aliphatic rings. The lowest BCUT2D eigenvalue weighted by Gasteiger charge is -2.12. The summed E-state index contributed by atoms with van der Waals surface area (Å²) in [4.78, 5) is 4.11. The van der Waals surface area contributed by atoms with Gasteiger partial charge in [-0.05, 0) is 54.6 Å². The molecule has 0 bridgehead atoms. The summed E-state index contributed by atoms with van der Waals surface area (Å²) in [5.41, 5.74) is 2.98. The molecular formula is C22H19BrN4O2S. The molecule has 0 aliphatic carbocycles. The number of hydrogen-bond donors (Lipinski definition) is 0. The minimum Gasteiger partial charge on any atom is -0.497 e. The van der Waals surface area contributed by atoms with Gasteiger partial charge in [-0.1, -0.05) is 27.7 Å². The quantitative estimate of drug-likeness (QED) is 0.328. The molecule has 0 N–H and O–H groups in total. The van der Waals surface area contributed by atoms with Gasteiger partial charge >= 0.3 is 0 Å². The minimum absolute atomic E-state index is 0.688. The van der Waals surface area contributed by atoms with E-state index in [0.29, 0.717) is 5.75 Å². The third kappa shape index (κ3) is 4.34. The number of ether oxygens (including phenoxy) is 2. The van der Waals surface area contributed by atoms with Crippen LogP contribution in [0.1, 0.15) is 5.56 Å². The van der Waals surface area contributed by atoms with E-state index in [-0.39, 0.29) is 0 Å². The molecule has 30 heavy (non-hydrogen) atoms. The third-order valence-electron chi connectivity index (χ3n) is 4.50. The summed E-state index contributed by atoms with van der Waals surface area (Å²) >= 11 is 5.14. The summed E-state index contributed by atoms with van der Waals surface area (Å²) < 4.78 is 13.9. The molecule has 8 heteroatoms. The van der Waals surface area contributed by atoms with Crippen LogP contribution in [0.15, 0.2) is 76.6 Å². The second kappa shape index (κ2) is 9.32. The van der Waals surface area contributed by atoms with E-state index < -0.39 is 0 Å². The Kier molecular flexibility index (Phi) is 6.35. The van der Waals surface area contributed by atoms with E-state index in [4.69, 9.17) is 9.47 Å². The molecule has 0 atom stereocenters. The molecule has 0 aliphatic heterocycles. The SMILES string of the molecule is COc1ccc(-n2c(SCc3cc(Br)ccc3OC)nnc2-c2ccncc2)cc1. The summed E-state index contributed by atoms with van der Waals surface area (Å²) in [5, 5.41) is 9.73. The first-order valence-corrected chi connectivity index (χ1v) is 10.9. The Bertz CT molecular complexity index is 1130. The number of hydrogen-bond acceptors (Lipinski definition) is 6. The van der Waals surface area contributed by atoms with Gasteiger partial charge in [-0.25, -0.2) is 0 Å². The predicted molar refractivity (Wildman–Crippen MR) is 121 cm³/mol. The maximum Gasteiger partial charge on any atom is 0.196 e. The highest BCUT2D eigenvalue weighted by molar-refractivity contribution is 9.10. The fraction of sp³-hybridized carbons (Fsp3) is 0.136. The highest BCUT2D eigenvalue weighted by Gasteiger charge is 2.17. The molecular weight excluding hydrogens is 464 g/mol. The normalized spacial score (nSPS) is 10.8. The topological polar surface area (TPSA) is 62.1 Å². The Morgan fingerprint density at radius 3 is 2.40 bits per heavy atom. The van der Waals surface area contributed by atoms with Gasteiger partial charge in [-0.15, -0.1) is 10.2 Å². The number of benzene rings is 2. The summed E-state index contributed by atoms with van der Waals surface area (Å²) in [5.74, 6) is 3.08. The van der Waals surface area contributed by atoms with Crippen LogP contribution in [0.2, 0.25) is 0 Å². The summed E-state index contributed by atoms with van der Waals surface area (Å²) in [6.07, 6.45) is 3.50. The molecule has 0 radical (unpaired) electrons. The van der Waals surface area contributed by atoms with E-state index >= 15 is 0 Å². The van der Waals surface area contributed by atoms with Gasteiger partial charge in [0.2, 0.25) is 0 Å². The zero-order valence-electron chi connectivity index (χ0n) is 16.4. The first kappa shape index (κ1) is 20.4. The van der Waals surface area contributed by atoms with Gasteiger partial charge in [0.1, 0.15) is 11.5 Å². The standard InChI is InChI=1S/C22H19BrN4O2S/c1-28-19-6-4-18(5-7-19)27-21(15-9-11-24-12-10-15)25-26-22(27)30-14-16-13-17(23)3-8-20(16)29-2/h3-13H,14H2,1-2H3. The molecule has 0 saturated heterocycles. The average Bonchev–Trinajstić information content (AvgIpc) is 3.22. The molecule has 4 rings (SSSR count). The zero-order valence-corrected chi connectivity index (χ0v) is 18.9. The Balaban J connectivity index is 1.73. The van der Waals surface area contributed by atoms with Crippen molar-refractivity contribution >= 4 is 27.7 Å². The second-order valence-corrected chi connectivity index (χ2v) is 8.18. The van der Waals surface area contributed by atoms with Crippen molar-refractivity contribution in [1.29, 1.82) is 0 Å². The van der Waals surface area contributed by atoms with Crippen LogP contribution in [0.5, 0.6) is 11.5 Å². The lowest BCUT2D eigenvalue weighted by atomic mass is 10.2. The lowest BCUT2D eigenvalue weighted by Crippen LogP contribution is -2.00. The lowest BCUT2D eigenvalue weighted by molar-refractivity contribution is 0.411. The minimum atomic E-state index is 0.688. The molecule has 0 unspecified atom stereocenters. The van der Waals surface area contributed by atoms with E-state index in [1.54, 1.807) is 38.4 Å². The smallest absolute Gasteiger partial charge is 0.196 e. The molecule has 2 aromatic heterocycles. The number of nitrogens with zero attached hydrogens (tertiary/aromatic N) is 4. The number of pyridine rings is 1. The predicted octanol–water partition coefficient (Wildman–Crippen LogP) is 5.40. The van der Waals surface area contributed by atoms with Crippen LogP contribution >= 0.6 is 27.7 Å². The molecule has 0 amide bonds. The van der Waals surface area contributed by atoms with Crippen LogP contribution in [0.4, 0.5) is 0 Å². The third-order valence-corrected chi connectivity index (χ3v) is 5.97. The van der Waals surface area contributed by atoms with Crippen molar-refractivity contribution in [3.8, 4) is 28.6 Å². The fourth-order valence-electron chi connectivity index (χ4n) is 3.02. The van der Waals surface area contributed by atoms with Gasteiger partial charge in [0, 0.05) is 39.4 Å². The van der Waals surface area contributed by atoms with Gasteiger partial charge in [-0.2, -0.15) is 0 Å². The Morgan fingerprint density at radius 1 is 0.933 bits per heavy atom. The van der Waals surface area contributed by atoms with Crippen LogP contribution in [0, 0.1) is 0 Å². The number of thioether (sulfide) groups is 1. The van der Waals surface area contributed by atoms with Gasteiger partial charge < -0.3 is 9.47 Å². The first-order valence-electron chi connectivity index (χ1n) is 9.15. The van der Waals surface area contributed by atoms with Crippen molar-refractivity contribution in [3.63, 3.8) is 0 Å². The van der Waals surface area contributed by atoms with E-state index in [9.17, 15) is 0 Å². The molecule has 0 spiro atoms. The van der Waals surface area contributed by atoms with Crippen LogP contribution in [0.3, 0.4) is 0 Å². The zero-order chi connectivity index (χ0) is 20.9. The average molecular weight is 483 g/mol. The maximum atomic E-state index is 5.51. The largest absolute Gasteiger partial charge is 0.497 e. The van der Waals surface area contributed by atoms with E-state index in [2.05, 4.69) is 37.2 Å². The Labute approximate surface area is 187 Å². The Hall–Kier alpha value is -2.84. The molecule has 0 saturated carbocycles. The van der Waals surface area contributed by atoms with Crippen molar-refractivity contribution < 1.29 is 9.47 Å². The molecule has 6 nitrogen and oxygen atoms in total. The molecule has 2 aromatic carbocycles. The second-order valence-electron chi connectivity index (χ2n) is 6.32. The molecule has 152 valence electrons. The van der Waals surface area contributed by atoms with Crippen molar-refractivity contribution in [2.24, 2.45) is 0 Å². The van der Waals surface area contributed by atoms with Crippen molar-refractivity contribution in [3.05, 3.63) is 77.0 Å². The maximum absolute atomic E-state index is 5.51. The number of aromatic nitrogens is 4. The van der Waals surface area contributed by atoms with Crippen LogP contribution < -0.4 is 9.47 Å². The summed E-state index contributed by atoms with van der Waals surface area (Å²) in [6, 6.07) is 17.7. The van der Waals surface area contributed by atoms with Gasteiger partial charge in [0.15, 0.2) is 11.0 Å². The summed E-state index contributed by atoms with van der Waals surface area (Å²) in [7, 11) is 3.33. The molecule has 0 fully saturated rings. The number of methoxy groups -OCH3 is 2. The van der Waals surface area contributed by atoms with Crippen LogP contribution in [-0.2, 0) is 5.75 Å². The number of halogens is 1. The molecule has 4 aromatic rings. The van der Waals surface area contributed by atoms with Crippen LogP contribution in [-0.4, -0.2) is 34.0 Å². The monoisotopic (exact) mass is 482 g/mol.